The maximum atomic E-state index is 12.8. The zero-order chi connectivity index (χ0) is 18.8. The van der Waals surface area contributed by atoms with E-state index in [1.807, 2.05) is 9.47 Å². The first-order valence-corrected chi connectivity index (χ1v) is 10.9. The molecule has 0 spiro atoms. The summed E-state index contributed by atoms with van der Waals surface area (Å²) in [4.78, 5) is 16.1. The molecule has 7 heteroatoms. The molecule has 1 amide bonds. The molecule has 1 aliphatic rings. The highest BCUT2D eigenvalue weighted by Crippen LogP contribution is 2.35. The summed E-state index contributed by atoms with van der Waals surface area (Å²) in [5.74, 6) is 0.552. The maximum absolute atomic E-state index is 12.8. The molecule has 1 fully saturated rings. The Morgan fingerprint density at radius 1 is 1.30 bits per heavy atom. The van der Waals surface area contributed by atoms with Crippen LogP contribution in [0.15, 0.2) is 47.2 Å². The number of thiophene rings is 1. The van der Waals surface area contributed by atoms with E-state index in [0.717, 1.165) is 30.2 Å². The Bertz CT molecular complexity index is 935. The fourth-order valence-electron chi connectivity index (χ4n) is 3.43. The molecular weight excluding hydrogens is 376 g/mol. The highest BCUT2D eigenvalue weighted by molar-refractivity contribution is 7.99. The molecule has 3 heterocycles. The minimum Gasteiger partial charge on any atom is -0.334 e. The Morgan fingerprint density at radius 2 is 2.19 bits per heavy atom. The normalized spacial score (nSPS) is 16.8. The quantitative estimate of drug-likeness (QED) is 0.598. The van der Waals surface area contributed by atoms with Crippen molar-refractivity contribution in [3.05, 3.63) is 58.0 Å². The Hall–Kier alpha value is -2.12. The fourth-order valence-corrected chi connectivity index (χ4v) is 5.11. The molecule has 1 aromatic carbocycles. The molecule has 1 unspecified atom stereocenters. The summed E-state index contributed by atoms with van der Waals surface area (Å²) < 4.78 is 1.95. The number of amides is 1. The summed E-state index contributed by atoms with van der Waals surface area (Å²) in [6.45, 7) is 5.03. The number of carbonyl (C=O) groups is 1. The minimum atomic E-state index is 0.172. The zero-order valence-electron chi connectivity index (χ0n) is 15.5. The van der Waals surface area contributed by atoms with Gasteiger partial charge in [-0.25, -0.2) is 0 Å². The monoisotopic (exact) mass is 398 g/mol. The van der Waals surface area contributed by atoms with Gasteiger partial charge in [-0.1, -0.05) is 23.9 Å². The smallest absolute Gasteiger partial charge is 0.233 e. The second-order valence-electron chi connectivity index (χ2n) is 6.80. The summed E-state index contributed by atoms with van der Waals surface area (Å²) in [5.41, 5.74) is 3.50. The fraction of sp³-hybridized carbons (Fsp3) is 0.350. The van der Waals surface area contributed by atoms with Crippen LogP contribution >= 0.6 is 23.1 Å². The number of carbonyl (C=O) groups excluding carboxylic acids is 1. The SMILES string of the molecule is Cc1ccc(-n2cnnc2SCC(=O)N2CCCC2c2cccs2)cc1C. The topological polar surface area (TPSA) is 51.0 Å². The van der Waals surface area contributed by atoms with Gasteiger partial charge in [-0.05, 0) is 61.4 Å². The van der Waals surface area contributed by atoms with Crippen molar-refractivity contribution in [1.82, 2.24) is 19.7 Å². The molecule has 0 bridgehead atoms. The van der Waals surface area contributed by atoms with Crippen LogP contribution in [-0.2, 0) is 4.79 Å². The summed E-state index contributed by atoms with van der Waals surface area (Å²) >= 11 is 3.19. The highest BCUT2D eigenvalue weighted by Gasteiger charge is 2.30. The number of hydrogen-bond donors (Lipinski definition) is 0. The lowest BCUT2D eigenvalue weighted by Gasteiger charge is -2.23. The third-order valence-electron chi connectivity index (χ3n) is 5.05. The second kappa shape index (κ2) is 7.86. The standard InChI is InChI=1S/C20H22N4OS2/c1-14-7-8-16(11-15(14)2)24-13-21-22-20(24)27-12-19(25)23-9-3-5-17(23)18-6-4-10-26-18/h4,6-8,10-11,13,17H,3,5,9,12H2,1-2H3. The van der Waals surface area contributed by atoms with E-state index in [4.69, 9.17) is 0 Å². The lowest BCUT2D eigenvalue weighted by molar-refractivity contribution is -0.129. The van der Waals surface area contributed by atoms with Crippen LogP contribution in [0.1, 0.15) is 34.9 Å². The van der Waals surface area contributed by atoms with Crippen molar-refractivity contribution in [2.24, 2.45) is 0 Å². The van der Waals surface area contributed by atoms with E-state index in [1.165, 1.54) is 27.8 Å². The number of benzene rings is 1. The van der Waals surface area contributed by atoms with Crippen molar-refractivity contribution in [3.8, 4) is 5.69 Å². The lowest BCUT2D eigenvalue weighted by Crippen LogP contribution is -2.31. The van der Waals surface area contributed by atoms with E-state index in [2.05, 4.69) is 59.8 Å². The van der Waals surface area contributed by atoms with Gasteiger partial charge in [-0.3, -0.25) is 9.36 Å². The number of hydrogen-bond acceptors (Lipinski definition) is 5. The van der Waals surface area contributed by atoms with Gasteiger partial charge in [0, 0.05) is 17.1 Å². The average molecular weight is 399 g/mol. The third kappa shape index (κ3) is 3.80. The summed E-state index contributed by atoms with van der Waals surface area (Å²) in [5, 5.41) is 11.1. The first kappa shape index (κ1) is 18.3. The molecule has 1 atom stereocenters. The van der Waals surface area contributed by atoms with Crippen LogP contribution in [-0.4, -0.2) is 37.9 Å². The molecular formula is C20H22N4OS2. The van der Waals surface area contributed by atoms with Gasteiger partial charge in [0.15, 0.2) is 5.16 Å². The first-order valence-electron chi connectivity index (χ1n) is 9.07. The Morgan fingerprint density at radius 3 is 2.96 bits per heavy atom. The van der Waals surface area contributed by atoms with E-state index in [9.17, 15) is 4.79 Å². The summed E-state index contributed by atoms with van der Waals surface area (Å²) in [6, 6.07) is 10.7. The van der Waals surface area contributed by atoms with Crippen LogP contribution in [0.5, 0.6) is 0 Å². The lowest BCUT2D eigenvalue weighted by atomic mass is 10.1. The molecule has 5 nitrogen and oxygen atoms in total. The largest absolute Gasteiger partial charge is 0.334 e. The van der Waals surface area contributed by atoms with Crippen LogP contribution < -0.4 is 0 Å². The molecule has 4 rings (SSSR count). The predicted octanol–water partition coefficient (Wildman–Crippen LogP) is 4.40. The zero-order valence-corrected chi connectivity index (χ0v) is 17.1. The van der Waals surface area contributed by atoms with Gasteiger partial charge >= 0.3 is 0 Å². The van der Waals surface area contributed by atoms with E-state index in [0.29, 0.717) is 5.75 Å². The highest BCUT2D eigenvalue weighted by atomic mass is 32.2. The van der Waals surface area contributed by atoms with E-state index >= 15 is 0 Å². The van der Waals surface area contributed by atoms with Gasteiger partial charge < -0.3 is 4.90 Å². The first-order chi connectivity index (χ1) is 13.1. The van der Waals surface area contributed by atoms with Gasteiger partial charge in [-0.15, -0.1) is 21.5 Å². The number of thioether (sulfide) groups is 1. The summed E-state index contributed by atoms with van der Waals surface area (Å²) in [7, 11) is 0. The maximum Gasteiger partial charge on any atom is 0.233 e. The molecule has 0 aliphatic carbocycles. The van der Waals surface area contributed by atoms with Crippen molar-refractivity contribution >= 4 is 29.0 Å². The van der Waals surface area contributed by atoms with Gasteiger partial charge in [0.2, 0.25) is 5.91 Å². The molecule has 27 heavy (non-hydrogen) atoms. The third-order valence-corrected chi connectivity index (χ3v) is 6.96. The predicted molar refractivity (Wildman–Crippen MR) is 110 cm³/mol. The number of rotatable bonds is 5. The summed E-state index contributed by atoms with van der Waals surface area (Å²) in [6.07, 6.45) is 3.83. The molecule has 1 aliphatic heterocycles. The van der Waals surface area contributed by atoms with Crippen molar-refractivity contribution in [2.75, 3.05) is 12.3 Å². The van der Waals surface area contributed by atoms with Gasteiger partial charge in [0.1, 0.15) is 6.33 Å². The average Bonchev–Trinajstić information content (AvgIpc) is 3.41. The van der Waals surface area contributed by atoms with Crippen molar-refractivity contribution < 1.29 is 4.79 Å². The van der Waals surface area contributed by atoms with Gasteiger partial charge in [0.25, 0.3) is 0 Å². The number of likely N-dealkylation sites (tertiary alicyclic amines) is 1. The van der Waals surface area contributed by atoms with Crippen molar-refractivity contribution in [1.29, 1.82) is 0 Å². The van der Waals surface area contributed by atoms with E-state index < -0.39 is 0 Å². The Kier molecular flexibility index (Phi) is 5.31. The molecule has 140 valence electrons. The van der Waals surface area contributed by atoms with Gasteiger partial charge in [0.05, 0.1) is 11.8 Å². The van der Waals surface area contributed by atoms with Crippen molar-refractivity contribution in [3.63, 3.8) is 0 Å². The Balaban J connectivity index is 1.46. The molecule has 2 aromatic heterocycles. The second-order valence-corrected chi connectivity index (χ2v) is 8.72. The Labute approximate surface area is 167 Å². The molecule has 3 aromatic rings. The van der Waals surface area contributed by atoms with Crippen LogP contribution in [0.4, 0.5) is 0 Å². The molecule has 0 saturated carbocycles. The number of aromatic nitrogens is 3. The van der Waals surface area contributed by atoms with Crippen LogP contribution in [0, 0.1) is 13.8 Å². The molecule has 0 N–H and O–H groups in total. The number of nitrogens with zero attached hydrogens (tertiary/aromatic N) is 4. The van der Waals surface area contributed by atoms with Crippen molar-refractivity contribution in [2.45, 2.75) is 37.9 Å². The van der Waals surface area contributed by atoms with Crippen LogP contribution in [0.25, 0.3) is 5.69 Å². The van der Waals surface area contributed by atoms with Crippen LogP contribution in [0.2, 0.25) is 0 Å². The molecule has 1 saturated heterocycles. The molecule has 0 radical (unpaired) electrons. The van der Waals surface area contributed by atoms with E-state index in [1.54, 1.807) is 17.7 Å². The van der Waals surface area contributed by atoms with Crippen LogP contribution in [0.3, 0.4) is 0 Å². The number of aryl methyl sites for hydroxylation is 2. The van der Waals surface area contributed by atoms with Gasteiger partial charge in [-0.2, -0.15) is 0 Å². The van der Waals surface area contributed by atoms with E-state index in [-0.39, 0.29) is 11.9 Å². The minimum absolute atomic E-state index is 0.172.